The van der Waals surface area contributed by atoms with E-state index in [1.54, 1.807) is 24.1 Å². The van der Waals surface area contributed by atoms with E-state index in [9.17, 15) is 19.1 Å². The van der Waals surface area contributed by atoms with E-state index in [1.807, 2.05) is 30.3 Å². The molecule has 2 aliphatic heterocycles. The van der Waals surface area contributed by atoms with E-state index in [0.717, 1.165) is 4.90 Å². The van der Waals surface area contributed by atoms with Gasteiger partial charge < -0.3 is 9.84 Å². The Hall–Kier alpha value is -3.43. The van der Waals surface area contributed by atoms with Crippen LogP contribution in [-0.4, -0.2) is 29.6 Å². The smallest absolute Gasteiger partial charge is 0.266 e. The maximum absolute atomic E-state index is 13.6. The van der Waals surface area contributed by atoms with Crippen LogP contribution in [-0.2, 0) is 14.4 Å². The lowest BCUT2D eigenvalue weighted by Crippen LogP contribution is -2.37. The molecule has 3 aromatic rings. The van der Waals surface area contributed by atoms with Crippen molar-refractivity contribution in [1.29, 1.82) is 0 Å². The second kappa shape index (κ2) is 8.73. The molecule has 0 radical (unpaired) electrons. The van der Waals surface area contributed by atoms with Crippen molar-refractivity contribution in [3.63, 3.8) is 0 Å². The molecule has 174 valence electrons. The quantitative estimate of drug-likeness (QED) is 0.483. The fourth-order valence-electron chi connectivity index (χ4n) is 4.43. The molecule has 3 aromatic carbocycles. The number of nitrogens with zero attached hydrogens (tertiary/aromatic N) is 2. The number of hydrogen-bond acceptors (Lipinski definition) is 6. The van der Waals surface area contributed by atoms with Crippen molar-refractivity contribution in [3.05, 3.63) is 82.6 Å². The van der Waals surface area contributed by atoms with Crippen LogP contribution in [0.15, 0.2) is 71.2 Å². The Morgan fingerprint density at radius 1 is 1.03 bits per heavy atom. The van der Waals surface area contributed by atoms with Crippen molar-refractivity contribution in [1.82, 2.24) is 0 Å². The normalized spacial score (nSPS) is 21.8. The minimum Gasteiger partial charge on any atom is -0.503 e. The summed E-state index contributed by atoms with van der Waals surface area (Å²) in [7, 11) is 0. The van der Waals surface area contributed by atoms with E-state index in [-0.39, 0.29) is 17.2 Å². The van der Waals surface area contributed by atoms with Crippen molar-refractivity contribution < 1.29 is 28.7 Å². The van der Waals surface area contributed by atoms with Crippen LogP contribution in [0.25, 0.3) is 0 Å². The van der Waals surface area contributed by atoms with Gasteiger partial charge in [-0.3, -0.25) is 14.4 Å². The Bertz CT molecular complexity index is 1250. The molecular weight excluding hydrogens is 507 g/mol. The fraction of sp³-hybridized carbons (Fsp3) is 0.200. The minimum absolute atomic E-state index is 0.0610. The average molecular weight is 527 g/mol. The third kappa shape index (κ3) is 3.61. The number of anilines is 2. The molecule has 2 fully saturated rings. The second-order valence-corrected chi connectivity index (χ2v) is 8.78. The molecule has 0 spiro atoms. The zero-order valence-corrected chi connectivity index (χ0v) is 19.6. The predicted octanol–water partition coefficient (Wildman–Crippen LogP) is 4.74. The number of hydrogen-bond donors (Lipinski definition) is 1. The van der Waals surface area contributed by atoms with Gasteiger partial charge in [0.15, 0.2) is 17.6 Å². The molecule has 0 saturated carbocycles. The number of para-hydroxylation sites is 1. The third-order valence-electron chi connectivity index (χ3n) is 5.90. The summed E-state index contributed by atoms with van der Waals surface area (Å²) in [5.41, 5.74) is 1.56. The number of carbonyl (C=O) groups excluding carboxylic acids is 2. The van der Waals surface area contributed by atoms with E-state index in [1.165, 1.54) is 24.3 Å². The molecule has 0 aliphatic carbocycles. The second-order valence-electron chi connectivity index (χ2n) is 7.93. The van der Waals surface area contributed by atoms with Crippen LogP contribution in [0.1, 0.15) is 18.5 Å². The first-order valence-electron chi connectivity index (χ1n) is 10.7. The Morgan fingerprint density at radius 2 is 1.74 bits per heavy atom. The highest BCUT2D eigenvalue weighted by Crippen LogP contribution is 2.49. The zero-order valence-electron chi connectivity index (χ0n) is 18.0. The van der Waals surface area contributed by atoms with Crippen LogP contribution in [0, 0.1) is 11.7 Å². The molecule has 0 unspecified atom stereocenters. The van der Waals surface area contributed by atoms with Crippen molar-refractivity contribution in [2.24, 2.45) is 5.92 Å². The number of amides is 2. The summed E-state index contributed by atoms with van der Waals surface area (Å²) in [6, 6.07) is 17.0. The number of halogens is 2. The largest absolute Gasteiger partial charge is 0.503 e. The molecule has 5 rings (SSSR count). The molecule has 7 nitrogen and oxygen atoms in total. The first kappa shape index (κ1) is 22.4. The topological polar surface area (TPSA) is 79.3 Å². The zero-order chi connectivity index (χ0) is 24.0. The summed E-state index contributed by atoms with van der Waals surface area (Å²) < 4.78 is 19.4. The lowest BCUT2D eigenvalue weighted by atomic mass is 9.90. The van der Waals surface area contributed by atoms with Crippen molar-refractivity contribution in [2.75, 3.05) is 16.6 Å². The summed E-state index contributed by atoms with van der Waals surface area (Å²) in [4.78, 5) is 34.1. The molecule has 0 bridgehead atoms. The highest BCUT2D eigenvalue weighted by Gasteiger charge is 2.60. The van der Waals surface area contributed by atoms with Crippen LogP contribution in [0.4, 0.5) is 15.8 Å². The first-order valence-corrected chi connectivity index (χ1v) is 11.5. The number of aromatic hydroxyl groups is 1. The number of hydroxylamine groups is 1. The maximum atomic E-state index is 13.6. The Kier molecular flexibility index (Phi) is 5.75. The van der Waals surface area contributed by atoms with Gasteiger partial charge in [-0.15, -0.1) is 0 Å². The number of phenols is 1. The average Bonchev–Trinajstić information content (AvgIpc) is 3.34. The minimum atomic E-state index is -1.06. The van der Waals surface area contributed by atoms with E-state index in [2.05, 4.69) is 15.9 Å². The van der Waals surface area contributed by atoms with Crippen LogP contribution in [0.3, 0.4) is 0 Å². The van der Waals surface area contributed by atoms with Crippen LogP contribution in [0.5, 0.6) is 11.5 Å². The molecule has 34 heavy (non-hydrogen) atoms. The highest BCUT2D eigenvalue weighted by atomic mass is 79.9. The Morgan fingerprint density at radius 3 is 2.41 bits per heavy atom. The monoisotopic (exact) mass is 526 g/mol. The van der Waals surface area contributed by atoms with Gasteiger partial charge in [-0.25, -0.2) is 14.4 Å². The molecular formula is C25H20BrFN2O5. The van der Waals surface area contributed by atoms with Crippen molar-refractivity contribution >= 4 is 39.1 Å². The van der Waals surface area contributed by atoms with Gasteiger partial charge >= 0.3 is 0 Å². The summed E-state index contributed by atoms with van der Waals surface area (Å²) >= 11 is 3.36. The number of imide groups is 1. The Balaban J connectivity index is 1.62. The van der Waals surface area contributed by atoms with Gasteiger partial charge in [-0.05, 0) is 76.9 Å². The molecule has 1 N–H and O–H groups in total. The van der Waals surface area contributed by atoms with E-state index < -0.39 is 35.7 Å². The fourth-order valence-corrected chi connectivity index (χ4v) is 4.89. The summed E-state index contributed by atoms with van der Waals surface area (Å²) in [6.07, 6.45) is -1.06. The molecule has 3 atom stereocenters. The molecule has 2 aliphatic rings. The van der Waals surface area contributed by atoms with E-state index in [0.29, 0.717) is 22.3 Å². The van der Waals surface area contributed by atoms with Crippen LogP contribution >= 0.6 is 15.9 Å². The van der Waals surface area contributed by atoms with Gasteiger partial charge in [-0.1, -0.05) is 18.2 Å². The lowest BCUT2D eigenvalue weighted by molar-refractivity contribution is -0.126. The van der Waals surface area contributed by atoms with Gasteiger partial charge in [-0.2, -0.15) is 0 Å². The van der Waals surface area contributed by atoms with Crippen molar-refractivity contribution in [3.8, 4) is 11.5 Å². The summed E-state index contributed by atoms with van der Waals surface area (Å²) in [5, 5.41) is 12.0. The number of carbonyl (C=O) groups is 2. The number of rotatable bonds is 5. The Labute approximate surface area is 203 Å². The first-order chi connectivity index (χ1) is 16.4. The van der Waals surface area contributed by atoms with Gasteiger partial charge in [0.05, 0.1) is 28.5 Å². The predicted molar refractivity (Wildman–Crippen MR) is 126 cm³/mol. The summed E-state index contributed by atoms with van der Waals surface area (Å²) in [5.74, 6) is -2.13. The summed E-state index contributed by atoms with van der Waals surface area (Å²) in [6.45, 7) is 2.12. The number of fused-ring (bicyclic) bond motifs is 1. The van der Waals surface area contributed by atoms with Crippen LogP contribution in [0.2, 0.25) is 0 Å². The third-order valence-corrected chi connectivity index (χ3v) is 6.51. The van der Waals surface area contributed by atoms with E-state index in [4.69, 9.17) is 9.57 Å². The molecule has 0 aromatic heterocycles. The number of phenolic OH excluding ortho intramolecular Hbond substituents is 1. The molecule has 2 saturated heterocycles. The van der Waals surface area contributed by atoms with Crippen molar-refractivity contribution in [2.45, 2.75) is 19.1 Å². The highest BCUT2D eigenvalue weighted by molar-refractivity contribution is 9.10. The van der Waals surface area contributed by atoms with Gasteiger partial charge in [0.2, 0.25) is 5.91 Å². The number of ether oxygens (including phenoxy) is 1. The molecule has 9 heteroatoms. The SMILES string of the molecule is CCOc1cc([C@H]2[C@H]3C(=O)N(c4ccc(F)cc4)C(=O)[C@H]3ON2c2ccccc2)cc(Br)c1O. The van der Waals surface area contributed by atoms with Gasteiger partial charge in [0, 0.05) is 0 Å². The lowest BCUT2D eigenvalue weighted by Gasteiger charge is -2.29. The molecule has 2 heterocycles. The van der Waals surface area contributed by atoms with Gasteiger partial charge in [0.1, 0.15) is 11.7 Å². The molecule has 2 amide bonds. The van der Waals surface area contributed by atoms with Crippen LogP contribution < -0.4 is 14.7 Å². The standard InChI is InChI=1S/C25H20BrFN2O5/c1-2-33-19-13-14(12-18(26)22(19)30)21-20-23(34-29(21)17-6-4-3-5-7-17)25(32)28(24(20)31)16-10-8-15(27)9-11-16/h3-13,20-21,23,30H,2H2,1H3/t20-,21+,23+/m1/s1. The van der Waals surface area contributed by atoms with E-state index >= 15 is 0 Å². The van der Waals surface area contributed by atoms with Gasteiger partial charge in [0.25, 0.3) is 5.91 Å². The maximum Gasteiger partial charge on any atom is 0.266 e. The number of benzene rings is 3.